The van der Waals surface area contributed by atoms with Crippen molar-refractivity contribution in [2.75, 3.05) is 6.61 Å². The molecule has 1 unspecified atom stereocenters. The van der Waals surface area contributed by atoms with E-state index >= 15 is 0 Å². The summed E-state index contributed by atoms with van der Waals surface area (Å²) < 4.78 is 16.7. The highest BCUT2D eigenvalue weighted by Crippen LogP contribution is 2.12. The van der Waals surface area contributed by atoms with E-state index in [1.165, 1.54) is 44.9 Å². The summed E-state index contributed by atoms with van der Waals surface area (Å²) in [6.07, 6.45) is 14.7. The lowest BCUT2D eigenvalue weighted by molar-refractivity contribution is 0.244. The van der Waals surface area contributed by atoms with Gasteiger partial charge in [-0.3, -0.25) is 0 Å². The summed E-state index contributed by atoms with van der Waals surface area (Å²) in [7, 11) is -0.831. The molecule has 126 valence electrons. The Morgan fingerprint density at radius 3 is 2.10 bits per heavy atom. The molecule has 0 saturated heterocycles. The van der Waals surface area contributed by atoms with Gasteiger partial charge in [0, 0.05) is 6.61 Å². The third-order valence-electron chi connectivity index (χ3n) is 3.42. The van der Waals surface area contributed by atoms with E-state index in [1.54, 1.807) is 0 Å². The van der Waals surface area contributed by atoms with Crippen LogP contribution < -0.4 is 0 Å². The summed E-state index contributed by atoms with van der Waals surface area (Å²) in [4.78, 5) is 0. The summed E-state index contributed by atoms with van der Waals surface area (Å²) in [5, 5.41) is 0. The van der Waals surface area contributed by atoms with Gasteiger partial charge in [0.2, 0.25) is 9.76 Å². The van der Waals surface area contributed by atoms with E-state index in [0.29, 0.717) is 6.10 Å². The summed E-state index contributed by atoms with van der Waals surface area (Å²) in [5.41, 5.74) is 0. The van der Waals surface area contributed by atoms with Crippen LogP contribution in [0.25, 0.3) is 0 Å². The van der Waals surface area contributed by atoms with Crippen LogP contribution in [0.4, 0.5) is 0 Å². The van der Waals surface area contributed by atoms with Gasteiger partial charge in [0.25, 0.3) is 0 Å². The van der Waals surface area contributed by atoms with Gasteiger partial charge in [0.15, 0.2) is 19.5 Å². The largest absolute Gasteiger partial charge is 0.555 e. The normalized spacial score (nSPS) is 14.6. The first kappa shape index (κ1) is 21.1. The van der Waals surface area contributed by atoms with Gasteiger partial charge in [0.05, 0.1) is 12.4 Å². The van der Waals surface area contributed by atoms with Crippen LogP contribution in [0.5, 0.6) is 0 Å². The Morgan fingerprint density at radius 2 is 1.48 bits per heavy atom. The molecule has 0 fully saturated rings. The number of hydrogen-bond acceptors (Lipinski definition) is 3. The van der Waals surface area contributed by atoms with Crippen molar-refractivity contribution in [2.24, 2.45) is 0 Å². The van der Waals surface area contributed by atoms with Crippen LogP contribution in [0.1, 0.15) is 51.4 Å². The first-order valence-corrected chi connectivity index (χ1v) is 14.8. The molecule has 0 saturated carbocycles. The standard InChI is InChI=1S/C15H36O3Si3/c1-19-16-13-10-8-6-4-5-7-9-11-15(18-21-3)12-14-17-20-2/h12,14-15H,4-11,13,19-21H2,1-3H3. The molecule has 0 amide bonds. The van der Waals surface area contributed by atoms with Crippen molar-refractivity contribution < 1.29 is 13.3 Å². The maximum absolute atomic E-state index is 5.85. The van der Waals surface area contributed by atoms with Crippen LogP contribution >= 0.6 is 0 Å². The lowest BCUT2D eigenvalue weighted by atomic mass is 10.1. The van der Waals surface area contributed by atoms with Crippen LogP contribution in [-0.2, 0) is 13.3 Å². The summed E-state index contributed by atoms with van der Waals surface area (Å²) in [6, 6.07) is 0. The molecule has 0 spiro atoms. The molecule has 21 heavy (non-hydrogen) atoms. The van der Waals surface area contributed by atoms with Gasteiger partial charge in [-0.1, -0.05) is 51.6 Å². The predicted molar refractivity (Wildman–Crippen MR) is 101 cm³/mol. The fraction of sp³-hybridized carbons (Fsp3) is 0.867. The molecule has 0 aliphatic carbocycles. The second kappa shape index (κ2) is 18.2. The highest BCUT2D eigenvalue weighted by Gasteiger charge is 2.03. The zero-order valence-corrected chi connectivity index (χ0v) is 18.7. The number of rotatable bonds is 16. The lowest BCUT2D eigenvalue weighted by Crippen LogP contribution is -2.11. The molecule has 6 heteroatoms. The minimum Gasteiger partial charge on any atom is -0.555 e. The van der Waals surface area contributed by atoms with E-state index in [4.69, 9.17) is 13.3 Å². The van der Waals surface area contributed by atoms with Crippen molar-refractivity contribution >= 4 is 29.3 Å². The zero-order valence-electron chi connectivity index (χ0n) is 14.4. The van der Waals surface area contributed by atoms with Gasteiger partial charge in [0.1, 0.15) is 0 Å². The third kappa shape index (κ3) is 16.3. The lowest BCUT2D eigenvalue weighted by Gasteiger charge is -2.13. The van der Waals surface area contributed by atoms with Crippen molar-refractivity contribution in [1.82, 2.24) is 0 Å². The number of unbranched alkanes of at least 4 members (excludes halogenated alkanes) is 6. The minimum absolute atomic E-state index is 0.179. The summed E-state index contributed by atoms with van der Waals surface area (Å²) in [5.74, 6) is 0. The van der Waals surface area contributed by atoms with E-state index < -0.39 is 0 Å². The molecule has 0 aliphatic heterocycles. The minimum atomic E-state index is -0.330. The first-order valence-electron chi connectivity index (χ1n) is 8.82. The Bertz CT molecular complexity index is 228. The van der Waals surface area contributed by atoms with Crippen LogP contribution in [0.3, 0.4) is 0 Å². The second-order valence-electron chi connectivity index (χ2n) is 5.24. The maximum atomic E-state index is 5.85. The van der Waals surface area contributed by atoms with E-state index in [1.807, 2.05) is 6.26 Å². The van der Waals surface area contributed by atoms with Crippen molar-refractivity contribution in [3.63, 3.8) is 0 Å². The molecule has 0 aromatic carbocycles. The average Bonchev–Trinajstić information content (AvgIpc) is 2.49. The average molecular weight is 349 g/mol. The predicted octanol–water partition coefficient (Wildman–Crippen LogP) is 2.44. The molecule has 0 radical (unpaired) electrons. The fourth-order valence-corrected chi connectivity index (χ4v) is 3.77. The molecular weight excluding hydrogens is 312 g/mol. The highest BCUT2D eigenvalue weighted by atomic mass is 28.2. The first-order chi connectivity index (χ1) is 10.3. The monoisotopic (exact) mass is 348 g/mol. The van der Waals surface area contributed by atoms with Crippen molar-refractivity contribution in [3.8, 4) is 0 Å². The molecule has 0 heterocycles. The van der Waals surface area contributed by atoms with Crippen LogP contribution in [0.2, 0.25) is 19.6 Å². The highest BCUT2D eigenvalue weighted by molar-refractivity contribution is 6.25. The van der Waals surface area contributed by atoms with Crippen molar-refractivity contribution in [3.05, 3.63) is 12.3 Å². The Balaban J connectivity index is 3.40. The molecule has 0 aliphatic rings. The maximum Gasteiger partial charge on any atom is 0.215 e. The van der Waals surface area contributed by atoms with Gasteiger partial charge in [-0.25, -0.2) is 0 Å². The molecule has 0 aromatic heterocycles. The SMILES string of the molecule is C[SiH2]OC=CC(CCCCCCCCCO[SiH2]C)O[SiH2]C. The van der Waals surface area contributed by atoms with Crippen LogP contribution in [0.15, 0.2) is 12.3 Å². The molecule has 0 bridgehead atoms. The van der Waals surface area contributed by atoms with Crippen molar-refractivity contribution in [2.45, 2.75) is 77.1 Å². The smallest absolute Gasteiger partial charge is 0.215 e. The van der Waals surface area contributed by atoms with E-state index in [2.05, 4.69) is 25.7 Å². The zero-order chi connectivity index (χ0) is 15.6. The van der Waals surface area contributed by atoms with Gasteiger partial charge < -0.3 is 13.3 Å². The molecule has 0 rings (SSSR count). The second-order valence-corrected chi connectivity index (χ2v) is 8.05. The van der Waals surface area contributed by atoms with Gasteiger partial charge >= 0.3 is 0 Å². The quantitative estimate of drug-likeness (QED) is 0.244. The van der Waals surface area contributed by atoms with Gasteiger partial charge in [-0.2, -0.15) is 0 Å². The van der Waals surface area contributed by atoms with Gasteiger partial charge in [-0.05, 0) is 25.5 Å². The van der Waals surface area contributed by atoms with E-state index in [0.717, 1.165) is 13.0 Å². The molecule has 0 N–H and O–H groups in total. The summed E-state index contributed by atoms with van der Waals surface area (Å²) in [6.45, 7) is 7.54. The van der Waals surface area contributed by atoms with Gasteiger partial charge in [-0.15, -0.1) is 0 Å². The molecule has 1 atom stereocenters. The van der Waals surface area contributed by atoms with Crippen molar-refractivity contribution in [1.29, 1.82) is 0 Å². The molecule has 0 aromatic rings. The Hall–Kier alpha value is 0.111. The van der Waals surface area contributed by atoms with Crippen LogP contribution in [-0.4, -0.2) is 42.0 Å². The molecular formula is C15H36O3Si3. The number of hydrogen-bond donors (Lipinski definition) is 0. The topological polar surface area (TPSA) is 27.7 Å². The van der Waals surface area contributed by atoms with E-state index in [-0.39, 0.29) is 29.3 Å². The molecule has 3 nitrogen and oxygen atoms in total. The Kier molecular flexibility index (Phi) is 18.3. The summed E-state index contributed by atoms with van der Waals surface area (Å²) >= 11 is 0. The van der Waals surface area contributed by atoms with E-state index in [9.17, 15) is 0 Å². The Labute approximate surface area is 139 Å². The Morgan fingerprint density at radius 1 is 0.810 bits per heavy atom. The van der Waals surface area contributed by atoms with Crippen LogP contribution in [0, 0.1) is 0 Å². The third-order valence-corrected chi connectivity index (χ3v) is 5.40. The fourth-order valence-electron chi connectivity index (χ4n) is 2.27.